The number of likely N-dealkylation sites (tertiary alicyclic amines) is 1. The van der Waals surface area contributed by atoms with Crippen LogP contribution in [-0.4, -0.2) is 80.8 Å². The number of nitrogens with zero attached hydrogens (tertiary/aromatic N) is 2. The molecule has 0 aromatic heterocycles. The van der Waals surface area contributed by atoms with Gasteiger partial charge in [0.25, 0.3) is 0 Å². The maximum Gasteiger partial charge on any atom is 0.310 e. The number of carbonyl (C=O) groups is 3. The fraction of sp³-hybridized carbons (Fsp3) is 0.773. The summed E-state index contributed by atoms with van der Waals surface area (Å²) in [5.41, 5.74) is -1.13. The second-order valence-electron chi connectivity index (χ2n) is 9.24. The number of carboxylic acids is 1. The predicted octanol–water partition coefficient (Wildman–Crippen LogP) is 1.17. The van der Waals surface area contributed by atoms with Gasteiger partial charge in [-0.15, -0.1) is 6.58 Å². The lowest BCUT2D eigenvalue weighted by atomic mass is 9.70. The van der Waals surface area contributed by atoms with E-state index in [1.54, 1.807) is 13.0 Å². The average Bonchev–Trinajstić information content (AvgIpc) is 3.39. The Morgan fingerprint density at radius 3 is 2.63 bits per heavy atom. The molecule has 166 valence electrons. The fourth-order valence-corrected chi connectivity index (χ4v) is 6.32. The summed E-state index contributed by atoms with van der Waals surface area (Å²) in [6.45, 7) is 5.58. The Hall–Kier alpha value is -1.93. The van der Waals surface area contributed by atoms with Crippen molar-refractivity contribution in [2.45, 2.75) is 81.7 Å². The summed E-state index contributed by atoms with van der Waals surface area (Å²) in [5, 5.41) is 19.6. The zero-order chi connectivity index (χ0) is 21.6. The Morgan fingerprint density at radius 2 is 2.03 bits per heavy atom. The number of ether oxygens (including phenoxy) is 1. The van der Waals surface area contributed by atoms with Crippen molar-refractivity contribution in [3.05, 3.63) is 12.7 Å². The molecule has 4 fully saturated rings. The molecule has 0 aromatic rings. The quantitative estimate of drug-likeness (QED) is 0.599. The molecule has 2 amide bonds. The maximum absolute atomic E-state index is 14.0. The summed E-state index contributed by atoms with van der Waals surface area (Å²) < 4.78 is 6.20. The van der Waals surface area contributed by atoms with Crippen molar-refractivity contribution < 1.29 is 29.3 Å². The van der Waals surface area contributed by atoms with E-state index in [1.165, 1.54) is 4.90 Å². The zero-order valence-electron chi connectivity index (χ0n) is 17.5. The summed E-state index contributed by atoms with van der Waals surface area (Å²) in [4.78, 5) is 42.6. The standard InChI is InChI=1S/C22H32N2O6/c1-3-11-23(14-7-5-4-6-8-14)20(27)18-22-10-9-15(30-22)16(21(28)29)17(22)19(26)24(18)13(2)12-25/h3,13-18,25H,1,4-12H2,2H3,(H,28,29)/t13-,15+,16-,17+,18?,22?/m1/s1. The number of hydrogen-bond donors (Lipinski definition) is 2. The molecule has 1 spiro atoms. The second kappa shape index (κ2) is 7.96. The maximum atomic E-state index is 14.0. The highest BCUT2D eigenvalue weighted by Gasteiger charge is 2.75. The number of rotatable bonds is 7. The third kappa shape index (κ3) is 2.99. The van der Waals surface area contributed by atoms with Gasteiger partial charge in [0.1, 0.15) is 11.6 Å². The van der Waals surface area contributed by atoms with E-state index >= 15 is 0 Å². The molecule has 6 atom stereocenters. The van der Waals surface area contributed by atoms with Gasteiger partial charge < -0.3 is 24.7 Å². The van der Waals surface area contributed by atoms with Crippen LogP contribution < -0.4 is 0 Å². The third-order valence-electron chi connectivity index (χ3n) is 7.62. The van der Waals surface area contributed by atoms with Crippen molar-refractivity contribution in [1.82, 2.24) is 9.80 Å². The van der Waals surface area contributed by atoms with E-state index in [2.05, 4.69) is 6.58 Å². The molecule has 2 unspecified atom stereocenters. The van der Waals surface area contributed by atoms with Crippen molar-refractivity contribution in [2.24, 2.45) is 11.8 Å². The van der Waals surface area contributed by atoms with E-state index in [4.69, 9.17) is 4.74 Å². The number of aliphatic carboxylic acids is 1. The number of carboxylic acid groups (broad SMARTS) is 1. The Balaban J connectivity index is 1.74. The van der Waals surface area contributed by atoms with Crippen LogP contribution in [0.5, 0.6) is 0 Å². The molecule has 2 bridgehead atoms. The highest BCUT2D eigenvalue weighted by atomic mass is 16.5. The summed E-state index contributed by atoms with van der Waals surface area (Å²) in [6.07, 6.45) is 7.25. The van der Waals surface area contributed by atoms with Gasteiger partial charge in [-0.25, -0.2) is 0 Å². The van der Waals surface area contributed by atoms with Crippen molar-refractivity contribution >= 4 is 17.8 Å². The number of carbonyl (C=O) groups excluding carboxylic acids is 2. The van der Waals surface area contributed by atoms with Crippen molar-refractivity contribution in [3.63, 3.8) is 0 Å². The smallest absolute Gasteiger partial charge is 0.310 e. The van der Waals surface area contributed by atoms with Gasteiger partial charge in [-0.1, -0.05) is 25.3 Å². The summed E-state index contributed by atoms with van der Waals surface area (Å²) in [5.74, 6) is -3.47. The molecule has 8 heteroatoms. The highest BCUT2D eigenvalue weighted by Crippen LogP contribution is 2.59. The molecule has 1 saturated carbocycles. The Labute approximate surface area is 176 Å². The summed E-state index contributed by atoms with van der Waals surface area (Å²) >= 11 is 0. The van der Waals surface area contributed by atoms with Gasteiger partial charge in [-0.2, -0.15) is 0 Å². The van der Waals surface area contributed by atoms with E-state index in [1.807, 2.05) is 4.90 Å². The first-order valence-electron chi connectivity index (χ1n) is 11.1. The Kier molecular flexibility index (Phi) is 5.66. The highest BCUT2D eigenvalue weighted by molar-refractivity contribution is 5.98. The van der Waals surface area contributed by atoms with Gasteiger partial charge in [0.2, 0.25) is 11.8 Å². The first-order valence-corrected chi connectivity index (χ1v) is 11.1. The predicted molar refractivity (Wildman–Crippen MR) is 107 cm³/mol. The largest absolute Gasteiger partial charge is 0.481 e. The SMILES string of the molecule is C=CCN(C(=O)C1N([C@H](C)CO)C(=O)[C@@H]2[C@H](C(=O)O)[C@@H]3CCC12O3)C1CCCCC1. The van der Waals surface area contributed by atoms with E-state index < -0.39 is 41.6 Å². The van der Waals surface area contributed by atoms with Crippen LogP contribution in [0.2, 0.25) is 0 Å². The summed E-state index contributed by atoms with van der Waals surface area (Å²) in [7, 11) is 0. The van der Waals surface area contributed by atoms with Crippen LogP contribution in [0.15, 0.2) is 12.7 Å². The Morgan fingerprint density at radius 1 is 1.33 bits per heavy atom. The minimum atomic E-state index is -1.13. The van der Waals surface area contributed by atoms with Gasteiger partial charge >= 0.3 is 5.97 Å². The van der Waals surface area contributed by atoms with Crippen molar-refractivity contribution in [3.8, 4) is 0 Å². The topological polar surface area (TPSA) is 107 Å². The van der Waals surface area contributed by atoms with Crippen LogP contribution in [0.4, 0.5) is 0 Å². The minimum Gasteiger partial charge on any atom is -0.481 e. The van der Waals surface area contributed by atoms with Crippen molar-refractivity contribution in [1.29, 1.82) is 0 Å². The van der Waals surface area contributed by atoms with E-state index in [0.717, 1.165) is 32.1 Å². The zero-order valence-corrected chi connectivity index (χ0v) is 17.5. The number of aliphatic hydroxyl groups is 1. The van der Waals surface area contributed by atoms with Crippen LogP contribution in [0.25, 0.3) is 0 Å². The fourth-order valence-electron chi connectivity index (χ4n) is 6.32. The number of fused-ring (bicyclic) bond motifs is 1. The normalized spacial score (nSPS) is 36.6. The molecule has 0 aromatic carbocycles. The molecule has 2 N–H and O–H groups in total. The van der Waals surface area contributed by atoms with E-state index in [9.17, 15) is 24.6 Å². The molecular formula is C22H32N2O6. The van der Waals surface area contributed by atoms with Gasteiger partial charge in [0, 0.05) is 12.6 Å². The lowest BCUT2D eigenvalue weighted by Gasteiger charge is -2.41. The first-order chi connectivity index (χ1) is 14.4. The number of aliphatic hydroxyl groups excluding tert-OH is 1. The number of amides is 2. The minimum absolute atomic E-state index is 0.0787. The first kappa shape index (κ1) is 21.3. The lowest BCUT2D eigenvalue weighted by molar-refractivity contribution is -0.154. The molecule has 1 aliphatic carbocycles. The average molecular weight is 421 g/mol. The molecule has 3 heterocycles. The molecule has 3 aliphatic heterocycles. The molecule has 3 saturated heterocycles. The summed E-state index contributed by atoms with van der Waals surface area (Å²) in [6, 6.07) is -1.43. The molecule has 0 radical (unpaired) electrons. The molecule has 4 rings (SSSR count). The second-order valence-corrected chi connectivity index (χ2v) is 9.24. The van der Waals surface area contributed by atoms with Gasteiger partial charge in [0.05, 0.1) is 30.6 Å². The number of hydrogen-bond acceptors (Lipinski definition) is 5. The van der Waals surface area contributed by atoms with Gasteiger partial charge in [0.15, 0.2) is 0 Å². The molecule has 30 heavy (non-hydrogen) atoms. The van der Waals surface area contributed by atoms with E-state index in [-0.39, 0.29) is 24.5 Å². The van der Waals surface area contributed by atoms with Gasteiger partial charge in [-0.3, -0.25) is 14.4 Å². The van der Waals surface area contributed by atoms with Crippen LogP contribution in [0, 0.1) is 11.8 Å². The molecule has 4 aliphatic rings. The van der Waals surface area contributed by atoms with Crippen LogP contribution in [-0.2, 0) is 19.1 Å². The van der Waals surface area contributed by atoms with E-state index in [0.29, 0.717) is 19.4 Å². The molecular weight excluding hydrogens is 388 g/mol. The van der Waals surface area contributed by atoms with Crippen LogP contribution in [0.3, 0.4) is 0 Å². The lowest BCUT2D eigenvalue weighted by Crippen LogP contribution is -2.60. The monoisotopic (exact) mass is 420 g/mol. The third-order valence-corrected chi connectivity index (χ3v) is 7.62. The Bertz CT molecular complexity index is 735. The molecule has 8 nitrogen and oxygen atoms in total. The van der Waals surface area contributed by atoms with Crippen LogP contribution >= 0.6 is 0 Å². The van der Waals surface area contributed by atoms with Gasteiger partial charge in [-0.05, 0) is 32.6 Å². The van der Waals surface area contributed by atoms with Crippen LogP contribution in [0.1, 0.15) is 51.9 Å². The van der Waals surface area contributed by atoms with Crippen molar-refractivity contribution in [2.75, 3.05) is 13.2 Å².